The van der Waals surface area contributed by atoms with Crippen molar-refractivity contribution in [3.8, 4) is 9.75 Å². The molecule has 242 valence electrons. The van der Waals surface area contributed by atoms with Crippen molar-refractivity contribution in [1.29, 1.82) is 5.41 Å². The Hall–Kier alpha value is -1.86. The molecule has 2 N–H and O–H groups in total. The second-order valence-electron chi connectivity index (χ2n) is 11.5. The first kappa shape index (κ1) is 35.0. The van der Waals surface area contributed by atoms with Gasteiger partial charge in [0, 0.05) is 59.3 Å². The summed E-state index contributed by atoms with van der Waals surface area (Å²) in [6.45, 7) is 8.18. The number of nitrogens with one attached hydrogen (secondary N) is 2. The Morgan fingerprint density at radius 3 is 2.48 bits per heavy atom. The molecule has 8 nitrogen and oxygen atoms in total. The number of methoxy groups -OCH3 is 1. The van der Waals surface area contributed by atoms with Crippen molar-refractivity contribution in [2.45, 2.75) is 57.4 Å². The van der Waals surface area contributed by atoms with Gasteiger partial charge < -0.3 is 29.2 Å². The molecule has 1 unspecified atom stereocenters. The summed E-state index contributed by atoms with van der Waals surface area (Å²) in [5, 5.41) is 13.0. The normalized spacial score (nSPS) is 16.4. The van der Waals surface area contributed by atoms with E-state index in [1.54, 1.807) is 29.8 Å². The number of anilines is 1. The van der Waals surface area contributed by atoms with E-state index >= 15 is 0 Å². The lowest BCUT2D eigenvalue weighted by Gasteiger charge is -2.20. The van der Waals surface area contributed by atoms with E-state index in [9.17, 15) is 4.79 Å². The maximum Gasteiger partial charge on any atom is 0.352 e. The van der Waals surface area contributed by atoms with Gasteiger partial charge in [0.25, 0.3) is 0 Å². The predicted molar refractivity (Wildman–Crippen MR) is 187 cm³/mol. The number of hydrogen-bond acceptors (Lipinski definition) is 11. The number of thiocarbonyl (C=S) groups is 1. The molecule has 1 saturated heterocycles. The fraction of sp³-hybridized carbons (Fsp3) is 0.594. The fourth-order valence-electron chi connectivity index (χ4n) is 5.03. The van der Waals surface area contributed by atoms with Gasteiger partial charge in [-0.15, -0.1) is 34.3 Å². The van der Waals surface area contributed by atoms with Crippen LogP contribution in [0.4, 0.5) is 5.00 Å². The zero-order valence-corrected chi connectivity index (χ0v) is 29.3. The Balaban J connectivity index is 1.20. The molecule has 0 amide bonds. The van der Waals surface area contributed by atoms with Gasteiger partial charge in [-0.05, 0) is 54.4 Å². The standard InChI is InChI=1S/C32H44ClN3O5S3/c1-32(2)23-18-21(17-22(26-20-35-26)31(42)38-4)43-28(23)29-24(32)19-27(44-29)36(3)11-14-41-30(37)25(34)9-13-40-16-15-39-12-8-6-5-7-10-33/h17-19,26,34-35H,5-16,20H2,1-4H3/b22-17+,34-25?. The maximum absolute atomic E-state index is 12.3. The molecular formula is C32H44ClN3O5S3. The third-order valence-corrected chi connectivity index (χ3v) is 11.0. The number of rotatable bonds is 20. The van der Waals surface area contributed by atoms with E-state index in [0.29, 0.717) is 43.9 Å². The molecule has 0 radical (unpaired) electrons. The average molecular weight is 682 g/mol. The predicted octanol–water partition coefficient (Wildman–Crippen LogP) is 6.67. The van der Waals surface area contributed by atoms with Crippen LogP contribution in [0.1, 0.15) is 62.0 Å². The van der Waals surface area contributed by atoms with E-state index in [2.05, 4.69) is 42.3 Å². The van der Waals surface area contributed by atoms with Crippen molar-refractivity contribution in [3.63, 3.8) is 0 Å². The summed E-state index contributed by atoms with van der Waals surface area (Å²) in [6.07, 6.45) is 6.71. The summed E-state index contributed by atoms with van der Waals surface area (Å²) in [4.78, 5) is 18.2. The van der Waals surface area contributed by atoms with E-state index in [1.165, 1.54) is 25.8 Å². The van der Waals surface area contributed by atoms with Crippen LogP contribution < -0.4 is 10.2 Å². The second-order valence-corrected chi connectivity index (χ2v) is 14.4. The molecule has 1 fully saturated rings. The number of alkyl halides is 1. The number of ether oxygens (including phenoxy) is 4. The Morgan fingerprint density at radius 2 is 1.77 bits per heavy atom. The lowest BCUT2D eigenvalue weighted by Crippen LogP contribution is -2.26. The van der Waals surface area contributed by atoms with Crippen molar-refractivity contribution in [2.75, 3.05) is 71.1 Å². The van der Waals surface area contributed by atoms with Crippen LogP contribution in [-0.2, 0) is 29.2 Å². The first-order valence-corrected chi connectivity index (χ1v) is 17.7. The maximum atomic E-state index is 12.3. The van der Waals surface area contributed by atoms with Crippen molar-refractivity contribution in [2.24, 2.45) is 0 Å². The smallest absolute Gasteiger partial charge is 0.352 e. The third-order valence-electron chi connectivity index (χ3n) is 7.85. The van der Waals surface area contributed by atoms with Gasteiger partial charge in [-0.25, -0.2) is 4.79 Å². The molecule has 0 bridgehead atoms. The van der Waals surface area contributed by atoms with E-state index in [0.717, 1.165) is 42.8 Å². The molecule has 3 heterocycles. The molecule has 1 atom stereocenters. The summed E-state index contributed by atoms with van der Waals surface area (Å²) in [6, 6.07) is 4.82. The Kier molecular flexibility index (Phi) is 13.2. The van der Waals surface area contributed by atoms with Crippen molar-refractivity contribution in [3.05, 3.63) is 33.7 Å². The summed E-state index contributed by atoms with van der Waals surface area (Å²) in [7, 11) is 3.63. The Labute approximate surface area is 279 Å². The average Bonchev–Trinajstić information content (AvgIpc) is 3.52. The number of halogens is 1. The number of carbonyl (C=O) groups excluding carboxylic acids is 1. The van der Waals surface area contributed by atoms with Crippen molar-refractivity contribution < 1.29 is 23.7 Å². The molecule has 2 aliphatic rings. The second kappa shape index (κ2) is 16.6. The Bertz CT molecular complexity index is 1330. The molecule has 1 aliphatic heterocycles. The van der Waals surface area contributed by atoms with Gasteiger partial charge in [-0.1, -0.05) is 26.7 Å². The molecule has 0 aromatic carbocycles. The van der Waals surface area contributed by atoms with Crippen LogP contribution in [0.25, 0.3) is 15.8 Å². The van der Waals surface area contributed by atoms with Crippen LogP contribution >= 0.6 is 46.5 Å². The first-order valence-electron chi connectivity index (χ1n) is 15.2. The van der Waals surface area contributed by atoms with Crippen LogP contribution in [0.3, 0.4) is 0 Å². The minimum Gasteiger partial charge on any atom is -0.486 e. The summed E-state index contributed by atoms with van der Waals surface area (Å²) < 4.78 is 21.8. The van der Waals surface area contributed by atoms with Gasteiger partial charge in [0.1, 0.15) is 12.3 Å². The molecule has 44 heavy (non-hydrogen) atoms. The van der Waals surface area contributed by atoms with Crippen LogP contribution in [0.5, 0.6) is 0 Å². The van der Waals surface area contributed by atoms with Crippen LogP contribution in [0.2, 0.25) is 0 Å². The molecule has 0 spiro atoms. The minimum absolute atomic E-state index is 0.0772. The largest absolute Gasteiger partial charge is 0.486 e. The van der Waals surface area contributed by atoms with Gasteiger partial charge in [0.05, 0.1) is 43.4 Å². The highest BCUT2D eigenvalue weighted by molar-refractivity contribution is 7.80. The van der Waals surface area contributed by atoms with Crippen LogP contribution in [-0.4, -0.2) is 88.9 Å². The Morgan fingerprint density at radius 1 is 1.09 bits per heavy atom. The summed E-state index contributed by atoms with van der Waals surface area (Å²) >= 11 is 14.7. The summed E-state index contributed by atoms with van der Waals surface area (Å²) in [5.74, 6) is 0.120. The van der Waals surface area contributed by atoms with Crippen molar-refractivity contribution in [1.82, 2.24) is 5.32 Å². The third kappa shape index (κ3) is 9.11. The van der Waals surface area contributed by atoms with Gasteiger partial charge in [-0.2, -0.15) is 0 Å². The molecule has 2 aromatic rings. The van der Waals surface area contributed by atoms with Gasteiger partial charge in [-0.3, -0.25) is 5.41 Å². The molecule has 0 saturated carbocycles. The van der Waals surface area contributed by atoms with E-state index < -0.39 is 5.97 Å². The number of hydrogen-bond donors (Lipinski definition) is 2. The molecule has 4 rings (SSSR count). The van der Waals surface area contributed by atoms with E-state index in [4.69, 9.17) is 48.2 Å². The van der Waals surface area contributed by atoms with Crippen molar-refractivity contribution >= 4 is 74.3 Å². The molecular weight excluding hydrogens is 638 g/mol. The number of thiophene rings is 2. The van der Waals surface area contributed by atoms with Gasteiger partial charge >= 0.3 is 5.97 Å². The SMILES string of the molecule is COC(=S)/C(=C/c1cc2c(s1)-c1sc(N(C)CCOC(=O)C(=N)CCOCCOCCCCCCCl)cc1C2(C)C)C1CN1. The quantitative estimate of drug-likeness (QED) is 0.0304. The number of likely N-dealkylation sites (N-methyl/N-ethyl adjacent to an activating group) is 1. The monoisotopic (exact) mass is 681 g/mol. The first-order chi connectivity index (χ1) is 21.2. The highest BCUT2D eigenvalue weighted by Crippen LogP contribution is 2.57. The lowest BCUT2D eigenvalue weighted by atomic mass is 9.84. The minimum atomic E-state index is -0.595. The number of fused-ring (bicyclic) bond motifs is 3. The zero-order chi connectivity index (χ0) is 31.7. The van der Waals surface area contributed by atoms with E-state index in [1.807, 2.05) is 7.05 Å². The van der Waals surface area contributed by atoms with Crippen LogP contribution in [0.15, 0.2) is 17.7 Å². The highest BCUT2D eigenvalue weighted by Gasteiger charge is 2.40. The van der Waals surface area contributed by atoms with Crippen LogP contribution in [0, 0.1) is 5.41 Å². The molecule has 2 aromatic heterocycles. The van der Waals surface area contributed by atoms with Gasteiger partial charge in [0.2, 0.25) is 0 Å². The lowest BCUT2D eigenvalue weighted by molar-refractivity contribution is -0.135. The number of carbonyl (C=O) groups is 1. The molecule has 12 heteroatoms. The fourth-order valence-corrected chi connectivity index (χ4v) is 8.16. The molecule has 1 aliphatic carbocycles. The summed E-state index contributed by atoms with van der Waals surface area (Å²) in [5.41, 5.74) is 3.51. The van der Waals surface area contributed by atoms with Gasteiger partial charge in [0.15, 0.2) is 5.05 Å². The van der Waals surface area contributed by atoms with E-state index in [-0.39, 0.29) is 30.2 Å². The topological polar surface area (TPSA) is 103 Å². The number of unbranched alkanes of at least 4 members (excludes halogenated alkanes) is 3. The number of esters is 1. The zero-order valence-electron chi connectivity index (χ0n) is 26.1. The number of nitrogens with zero attached hydrogens (tertiary/aromatic N) is 1. The highest BCUT2D eigenvalue weighted by atomic mass is 35.5.